The van der Waals surface area contributed by atoms with Gasteiger partial charge in [0.2, 0.25) is 0 Å². The quantitative estimate of drug-likeness (QED) is 0.737. The predicted octanol–water partition coefficient (Wildman–Crippen LogP) is 3.20. The maximum atomic E-state index is 11.5. The van der Waals surface area contributed by atoms with Crippen LogP contribution in [-0.4, -0.2) is 35.5 Å². The molecule has 112 valence electrons. The third-order valence-corrected chi connectivity index (χ3v) is 4.00. The summed E-state index contributed by atoms with van der Waals surface area (Å²) < 4.78 is 4.99. The molecular formula is C16H20N2O2S. The van der Waals surface area contributed by atoms with Crippen molar-refractivity contribution in [2.24, 2.45) is 0 Å². The van der Waals surface area contributed by atoms with E-state index in [9.17, 15) is 4.79 Å². The molecule has 1 aromatic carbocycles. The zero-order chi connectivity index (χ0) is 15.1. The van der Waals surface area contributed by atoms with E-state index >= 15 is 0 Å². The van der Waals surface area contributed by atoms with E-state index in [1.165, 1.54) is 0 Å². The van der Waals surface area contributed by atoms with Crippen LogP contribution in [0.5, 0.6) is 0 Å². The number of hydrogen-bond donors (Lipinski definition) is 0. The van der Waals surface area contributed by atoms with Gasteiger partial charge in [-0.2, -0.15) is 0 Å². The van der Waals surface area contributed by atoms with Gasteiger partial charge in [0.15, 0.2) is 0 Å². The Morgan fingerprint density at radius 3 is 2.71 bits per heavy atom. The van der Waals surface area contributed by atoms with E-state index < -0.39 is 0 Å². The number of ether oxygens (including phenoxy) is 1. The van der Waals surface area contributed by atoms with Gasteiger partial charge in [-0.1, -0.05) is 37.3 Å². The predicted molar refractivity (Wildman–Crippen MR) is 85.1 cm³/mol. The van der Waals surface area contributed by atoms with Crippen LogP contribution < -0.4 is 0 Å². The van der Waals surface area contributed by atoms with Crippen LogP contribution in [0.2, 0.25) is 0 Å². The number of benzene rings is 1. The fraction of sp³-hybridized carbons (Fsp3) is 0.375. The first-order chi connectivity index (χ1) is 10.2. The lowest BCUT2D eigenvalue weighted by atomic mass is 10.2. The lowest BCUT2D eigenvalue weighted by molar-refractivity contribution is -0.144. The monoisotopic (exact) mass is 304 g/mol. The highest BCUT2D eigenvalue weighted by atomic mass is 32.1. The number of esters is 1. The summed E-state index contributed by atoms with van der Waals surface area (Å²) in [7, 11) is 0. The van der Waals surface area contributed by atoms with E-state index in [-0.39, 0.29) is 5.97 Å². The number of likely N-dealkylation sites (N-methyl/N-ethyl adjacent to an activating group) is 1. The molecule has 0 fully saturated rings. The molecule has 0 aliphatic heterocycles. The highest BCUT2D eigenvalue weighted by Gasteiger charge is 2.12. The number of thiazole rings is 1. The molecule has 0 bridgehead atoms. The van der Waals surface area contributed by atoms with Crippen LogP contribution in [0.3, 0.4) is 0 Å². The van der Waals surface area contributed by atoms with Crippen LogP contribution in [0.4, 0.5) is 0 Å². The van der Waals surface area contributed by atoms with Crippen LogP contribution in [-0.2, 0) is 16.1 Å². The van der Waals surface area contributed by atoms with E-state index in [0.29, 0.717) is 19.7 Å². The average Bonchev–Trinajstić information content (AvgIpc) is 2.96. The SMILES string of the molecule is CCOC(=O)CN(CC)Cc1csc(-c2ccccc2)n1. The Morgan fingerprint density at radius 2 is 2.05 bits per heavy atom. The van der Waals surface area contributed by atoms with Crippen molar-refractivity contribution in [3.8, 4) is 10.6 Å². The average molecular weight is 304 g/mol. The van der Waals surface area contributed by atoms with Crippen LogP contribution in [0.1, 0.15) is 19.5 Å². The number of carbonyl (C=O) groups excluding carboxylic acids is 1. The minimum absolute atomic E-state index is 0.183. The van der Waals surface area contributed by atoms with Gasteiger partial charge in [0.25, 0.3) is 0 Å². The fourth-order valence-corrected chi connectivity index (χ4v) is 2.81. The molecule has 0 unspecified atom stereocenters. The molecule has 5 heteroatoms. The molecule has 0 N–H and O–H groups in total. The molecule has 21 heavy (non-hydrogen) atoms. The molecule has 0 radical (unpaired) electrons. The second-order valence-electron chi connectivity index (χ2n) is 4.62. The molecule has 1 aromatic heterocycles. The highest BCUT2D eigenvalue weighted by molar-refractivity contribution is 7.13. The van der Waals surface area contributed by atoms with Crippen LogP contribution in [0, 0.1) is 0 Å². The van der Waals surface area contributed by atoms with Crippen molar-refractivity contribution in [2.45, 2.75) is 20.4 Å². The summed E-state index contributed by atoms with van der Waals surface area (Å²) in [4.78, 5) is 18.2. The smallest absolute Gasteiger partial charge is 0.320 e. The zero-order valence-corrected chi connectivity index (χ0v) is 13.2. The molecule has 2 rings (SSSR count). The summed E-state index contributed by atoms with van der Waals surface area (Å²) >= 11 is 1.63. The second kappa shape index (κ2) is 7.90. The van der Waals surface area contributed by atoms with Crippen molar-refractivity contribution in [3.63, 3.8) is 0 Å². The van der Waals surface area contributed by atoms with Gasteiger partial charge in [-0.25, -0.2) is 4.98 Å². The molecule has 0 aliphatic carbocycles. The maximum absolute atomic E-state index is 11.5. The summed E-state index contributed by atoms with van der Waals surface area (Å²) in [5.74, 6) is -0.183. The van der Waals surface area contributed by atoms with Crippen molar-refractivity contribution in [3.05, 3.63) is 41.4 Å². The molecule has 2 aromatic rings. The topological polar surface area (TPSA) is 42.4 Å². The van der Waals surface area contributed by atoms with E-state index in [1.807, 2.05) is 36.9 Å². The van der Waals surface area contributed by atoms with Crippen molar-refractivity contribution in [1.29, 1.82) is 0 Å². The van der Waals surface area contributed by atoms with Crippen molar-refractivity contribution < 1.29 is 9.53 Å². The minimum atomic E-state index is -0.183. The number of carbonyl (C=O) groups is 1. The van der Waals surface area contributed by atoms with E-state index in [0.717, 1.165) is 22.8 Å². The number of rotatable bonds is 7. The Kier molecular flexibility index (Phi) is 5.90. The van der Waals surface area contributed by atoms with E-state index in [1.54, 1.807) is 11.3 Å². The lowest BCUT2D eigenvalue weighted by Gasteiger charge is -2.17. The Bertz CT molecular complexity index is 569. The summed E-state index contributed by atoms with van der Waals surface area (Å²) in [6.07, 6.45) is 0. The molecule has 0 amide bonds. The molecule has 0 atom stereocenters. The van der Waals surface area contributed by atoms with E-state index in [4.69, 9.17) is 4.74 Å². The maximum Gasteiger partial charge on any atom is 0.320 e. The Labute approximate surface area is 129 Å². The third-order valence-electron chi connectivity index (χ3n) is 3.06. The fourth-order valence-electron chi connectivity index (χ4n) is 1.99. The summed E-state index contributed by atoms with van der Waals surface area (Å²) in [5, 5.41) is 3.06. The van der Waals surface area contributed by atoms with Gasteiger partial charge < -0.3 is 4.74 Å². The van der Waals surface area contributed by atoms with Gasteiger partial charge in [0.05, 0.1) is 18.8 Å². The highest BCUT2D eigenvalue weighted by Crippen LogP contribution is 2.23. The molecule has 0 aliphatic rings. The Balaban J connectivity index is 1.99. The largest absolute Gasteiger partial charge is 0.465 e. The molecule has 0 spiro atoms. The van der Waals surface area contributed by atoms with Gasteiger partial charge in [-0.3, -0.25) is 9.69 Å². The van der Waals surface area contributed by atoms with Crippen LogP contribution in [0.25, 0.3) is 10.6 Å². The first-order valence-electron chi connectivity index (χ1n) is 7.10. The molecule has 0 saturated heterocycles. The molecule has 0 saturated carbocycles. The van der Waals surface area contributed by atoms with Gasteiger partial charge in [-0.05, 0) is 13.5 Å². The number of hydrogen-bond acceptors (Lipinski definition) is 5. The summed E-state index contributed by atoms with van der Waals surface area (Å²) in [6.45, 7) is 6.04. The molecular weight excluding hydrogens is 284 g/mol. The van der Waals surface area contributed by atoms with Gasteiger partial charge in [-0.15, -0.1) is 11.3 Å². The second-order valence-corrected chi connectivity index (χ2v) is 5.48. The normalized spacial score (nSPS) is 10.8. The van der Waals surface area contributed by atoms with Gasteiger partial charge in [0.1, 0.15) is 5.01 Å². The minimum Gasteiger partial charge on any atom is -0.465 e. The molecule has 1 heterocycles. The third kappa shape index (κ3) is 4.65. The summed E-state index contributed by atoms with van der Waals surface area (Å²) in [5.41, 5.74) is 2.12. The summed E-state index contributed by atoms with van der Waals surface area (Å²) in [6, 6.07) is 10.1. The zero-order valence-electron chi connectivity index (χ0n) is 12.4. The van der Waals surface area contributed by atoms with Crippen LogP contribution in [0.15, 0.2) is 35.7 Å². The van der Waals surface area contributed by atoms with Gasteiger partial charge in [0, 0.05) is 17.5 Å². The standard InChI is InChI=1S/C16H20N2O2S/c1-3-18(11-15(19)20-4-2)10-14-12-21-16(17-14)13-8-6-5-7-9-13/h5-9,12H,3-4,10-11H2,1-2H3. The van der Waals surface area contributed by atoms with Crippen molar-refractivity contribution in [2.75, 3.05) is 19.7 Å². The molecule has 4 nitrogen and oxygen atoms in total. The first-order valence-corrected chi connectivity index (χ1v) is 7.98. The van der Waals surface area contributed by atoms with Crippen LogP contribution >= 0.6 is 11.3 Å². The Morgan fingerprint density at radius 1 is 1.29 bits per heavy atom. The van der Waals surface area contributed by atoms with Crippen molar-refractivity contribution >= 4 is 17.3 Å². The first kappa shape index (κ1) is 15.7. The Hall–Kier alpha value is -1.72. The van der Waals surface area contributed by atoms with E-state index in [2.05, 4.69) is 22.5 Å². The van der Waals surface area contributed by atoms with Gasteiger partial charge >= 0.3 is 5.97 Å². The number of nitrogens with zero attached hydrogens (tertiary/aromatic N) is 2. The van der Waals surface area contributed by atoms with Crippen molar-refractivity contribution in [1.82, 2.24) is 9.88 Å². The lowest BCUT2D eigenvalue weighted by Crippen LogP contribution is -2.30. The number of aromatic nitrogens is 1.